The summed E-state index contributed by atoms with van der Waals surface area (Å²) in [5.41, 5.74) is -0.822. The number of rotatable bonds is 1. The van der Waals surface area contributed by atoms with E-state index in [9.17, 15) is 14.7 Å². The fourth-order valence-corrected chi connectivity index (χ4v) is 3.04. The summed E-state index contributed by atoms with van der Waals surface area (Å²) in [7, 11) is 0. The number of cyclic esters (lactones) is 1. The maximum atomic E-state index is 11.6. The maximum Gasteiger partial charge on any atom is 0.310 e. The van der Waals surface area contributed by atoms with Gasteiger partial charge >= 0.3 is 5.97 Å². The van der Waals surface area contributed by atoms with Crippen molar-refractivity contribution < 1.29 is 19.4 Å². The van der Waals surface area contributed by atoms with Crippen molar-refractivity contribution in [2.45, 2.75) is 39.7 Å². The lowest BCUT2D eigenvalue weighted by Crippen LogP contribution is -2.58. The number of ether oxygens (including phenoxy) is 1. The highest BCUT2D eigenvalue weighted by Crippen LogP contribution is 2.61. The Morgan fingerprint density at radius 2 is 2.07 bits per heavy atom. The molecular weight excluding hydrogens is 196 g/mol. The van der Waals surface area contributed by atoms with Crippen molar-refractivity contribution in [3.05, 3.63) is 0 Å². The Balaban J connectivity index is 2.48. The summed E-state index contributed by atoms with van der Waals surface area (Å²) >= 11 is 0. The zero-order valence-corrected chi connectivity index (χ0v) is 9.20. The van der Waals surface area contributed by atoms with Crippen LogP contribution in [-0.4, -0.2) is 18.0 Å². The molecule has 15 heavy (non-hydrogen) atoms. The fourth-order valence-electron chi connectivity index (χ4n) is 3.04. The number of hydrogen-bond acceptors (Lipinski definition) is 4. The van der Waals surface area contributed by atoms with Gasteiger partial charge in [0, 0.05) is 5.41 Å². The van der Waals surface area contributed by atoms with Crippen molar-refractivity contribution in [1.29, 1.82) is 0 Å². The molecule has 1 saturated carbocycles. The number of aliphatic carboxylic acids is 1. The van der Waals surface area contributed by atoms with Gasteiger partial charge in [-0.05, 0) is 18.3 Å². The van der Waals surface area contributed by atoms with Crippen LogP contribution >= 0.6 is 0 Å². The van der Waals surface area contributed by atoms with Crippen LogP contribution in [-0.2, 0) is 14.3 Å². The smallest absolute Gasteiger partial charge is 0.310 e. The first kappa shape index (κ1) is 10.5. The normalized spacial score (nSPS) is 42.5. The Morgan fingerprint density at radius 1 is 1.47 bits per heavy atom. The fraction of sp³-hybridized carbons (Fsp3) is 0.818. The summed E-state index contributed by atoms with van der Waals surface area (Å²) in [5.74, 6) is -1.83. The Bertz CT molecular complexity index is 333. The average Bonchev–Trinajstić information content (AvgIpc) is 2.28. The molecule has 0 aromatic heterocycles. The zero-order chi connectivity index (χ0) is 11.4. The molecule has 2 bridgehead atoms. The van der Waals surface area contributed by atoms with Crippen LogP contribution in [0.25, 0.3) is 0 Å². The second-order valence-electron chi connectivity index (χ2n) is 5.37. The third kappa shape index (κ3) is 1.08. The molecule has 4 heteroatoms. The Hall–Kier alpha value is -1.06. The molecule has 1 saturated heterocycles. The van der Waals surface area contributed by atoms with E-state index in [4.69, 9.17) is 4.74 Å². The number of fused-ring (bicyclic) bond motifs is 2. The topological polar surface area (TPSA) is 66.4 Å². The van der Waals surface area contributed by atoms with Crippen molar-refractivity contribution in [2.75, 3.05) is 0 Å². The molecule has 3 atom stereocenters. The van der Waals surface area contributed by atoms with Crippen molar-refractivity contribution in [2.24, 2.45) is 16.7 Å². The molecule has 1 aliphatic carbocycles. The molecule has 0 unspecified atom stereocenters. The summed E-state index contributed by atoms with van der Waals surface area (Å²) < 4.78 is 4.97. The van der Waals surface area contributed by atoms with Crippen LogP contribution in [0.4, 0.5) is 0 Å². The third-order valence-electron chi connectivity index (χ3n) is 4.61. The van der Waals surface area contributed by atoms with E-state index in [1.54, 1.807) is 0 Å². The van der Waals surface area contributed by atoms with E-state index < -0.39 is 17.5 Å². The molecular formula is C11H15O4-. The number of carboxylic acid groups (broad SMARTS) is 1. The number of hydrogen-bond donors (Lipinski definition) is 0. The second-order valence-corrected chi connectivity index (χ2v) is 5.37. The number of esters is 1. The van der Waals surface area contributed by atoms with E-state index in [1.165, 1.54) is 0 Å². The first-order chi connectivity index (χ1) is 6.80. The first-order valence-corrected chi connectivity index (χ1v) is 5.22. The Kier molecular flexibility index (Phi) is 1.91. The highest BCUT2D eigenvalue weighted by atomic mass is 16.6. The predicted molar refractivity (Wildman–Crippen MR) is 49.5 cm³/mol. The van der Waals surface area contributed by atoms with Gasteiger partial charge < -0.3 is 14.6 Å². The molecule has 2 rings (SSSR count). The van der Waals surface area contributed by atoms with Gasteiger partial charge in [-0.1, -0.05) is 20.8 Å². The van der Waals surface area contributed by atoms with Crippen LogP contribution in [0.1, 0.15) is 33.6 Å². The SMILES string of the molecule is CC1(C)[C@@H]2CC[C@@]1(C)[C@H](C(=O)[O-])OC2=O. The van der Waals surface area contributed by atoms with Crippen LogP contribution in [0.3, 0.4) is 0 Å². The minimum absolute atomic E-state index is 0.168. The van der Waals surface area contributed by atoms with E-state index in [1.807, 2.05) is 20.8 Å². The van der Waals surface area contributed by atoms with Gasteiger partial charge in [0.2, 0.25) is 0 Å². The van der Waals surface area contributed by atoms with Gasteiger partial charge in [-0.15, -0.1) is 0 Å². The third-order valence-corrected chi connectivity index (χ3v) is 4.61. The summed E-state index contributed by atoms with van der Waals surface area (Å²) in [4.78, 5) is 22.6. The molecule has 1 heterocycles. The van der Waals surface area contributed by atoms with Crippen LogP contribution in [0.5, 0.6) is 0 Å². The number of carbonyl (C=O) groups excluding carboxylic acids is 2. The van der Waals surface area contributed by atoms with Crippen LogP contribution < -0.4 is 5.11 Å². The Labute approximate surface area is 88.6 Å². The summed E-state index contributed by atoms with van der Waals surface area (Å²) in [5, 5.41) is 11.0. The van der Waals surface area contributed by atoms with Gasteiger partial charge in [-0.3, -0.25) is 4.79 Å². The van der Waals surface area contributed by atoms with E-state index in [2.05, 4.69) is 0 Å². The van der Waals surface area contributed by atoms with Gasteiger partial charge in [-0.25, -0.2) is 0 Å². The quantitative estimate of drug-likeness (QED) is 0.577. The van der Waals surface area contributed by atoms with E-state index in [0.29, 0.717) is 12.8 Å². The molecule has 1 aliphatic heterocycles. The molecule has 2 fully saturated rings. The van der Waals surface area contributed by atoms with Gasteiger partial charge in [0.05, 0.1) is 11.9 Å². The monoisotopic (exact) mass is 211 g/mol. The van der Waals surface area contributed by atoms with Gasteiger partial charge in [0.25, 0.3) is 0 Å². The zero-order valence-electron chi connectivity index (χ0n) is 9.20. The largest absolute Gasteiger partial charge is 0.546 e. The summed E-state index contributed by atoms with van der Waals surface area (Å²) in [6, 6.07) is 0. The molecule has 0 spiro atoms. The second kappa shape index (κ2) is 2.74. The molecule has 0 aromatic carbocycles. The molecule has 0 amide bonds. The molecule has 84 valence electrons. The summed E-state index contributed by atoms with van der Waals surface area (Å²) in [6.45, 7) is 5.77. The lowest BCUT2D eigenvalue weighted by molar-refractivity contribution is -0.325. The van der Waals surface area contributed by atoms with E-state index in [0.717, 1.165) is 0 Å². The van der Waals surface area contributed by atoms with Crippen molar-refractivity contribution in [1.82, 2.24) is 0 Å². The molecule has 0 aromatic rings. The van der Waals surface area contributed by atoms with Crippen LogP contribution in [0.2, 0.25) is 0 Å². The highest BCUT2D eigenvalue weighted by molar-refractivity contribution is 5.82. The van der Waals surface area contributed by atoms with E-state index >= 15 is 0 Å². The maximum absolute atomic E-state index is 11.6. The van der Waals surface area contributed by atoms with Crippen LogP contribution in [0.15, 0.2) is 0 Å². The highest BCUT2D eigenvalue weighted by Gasteiger charge is 2.63. The minimum atomic E-state index is -1.28. The summed E-state index contributed by atoms with van der Waals surface area (Å²) in [6.07, 6.45) is 0.319. The Morgan fingerprint density at radius 3 is 2.60 bits per heavy atom. The number of carboxylic acids is 1. The van der Waals surface area contributed by atoms with Gasteiger partial charge in [0.15, 0.2) is 0 Å². The minimum Gasteiger partial charge on any atom is -0.546 e. The van der Waals surface area contributed by atoms with Crippen LogP contribution in [0, 0.1) is 16.7 Å². The van der Waals surface area contributed by atoms with E-state index in [-0.39, 0.29) is 17.3 Å². The first-order valence-electron chi connectivity index (χ1n) is 5.22. The lowest BCUT2D eigenvalue weighted by Gasteiger charge is -2.49. The van der Waals surface area contributed by atoms with Crippen molar-refractivity contribution in [3.8, 4) is 0 Å². The molecule has 0 N–H and O–H groups in total. The predicted octanol–water partition coefficient (Wildman–Crippen LogP) is 0.104. The molecule has 2 aliphatic rings. The number of carbonyl (C=O) groups is 2. The van der Waals surface area contributed by atoms with Gasteiger partial charge in [0.1, 0.15) is 6.10 Å². The van der Waals surface area contributed by atoms with Crippen molar-refractivity contribution in [3.63, 3.8) is 0 Å². The molecule has 0 radical (unpaired) electrons. The van der Waals surface area contributed by atoms with Gasteiger partial charge in [-0.2, -0.15) is 0 Å². The lowest BCUT2D eigenvalue weighted by atomic mass is 9.61. The molecule has 4 nitrogen and oxygen atoms in total. The average molecular weight is 211 g/mol. The standard InChI is InChI=1S/C11H16O4/c1-10(2)6-4-5-11(10,3)7(8(12)13)15-9(6)14/h6-7H,4-5H2,1-3H3,(H,12,13)/p-1/t6-,7+,11+/m1/s1. The van der Waals surface area contributed by atoms with Crippen molar-refractivity contribution >= 4 is 11.9 Å².